The zero-order valence-corrected chi connectivity index (χ0v) is 10.0. The Morgan fingerprint density at radius 2 is 2.00 bits per heavy atom. The third-order valence-corrected chi connectivity index (χ3v) is 2.70. The summed E-state index contributed by atoms with van der Waals surface area (Å²) in [5, 5.41) is 3.10. The Bertz CT molecular complexity index is 357. The Kier molecular flexibility index (Phi) is 2.71. The number of aromatic amines is 1. The maximum absolute atomic E-state index is 11.6. The summed E-state index contributed by atoms with van der Waals surface area (Å²) < 4.78 is 2.26. The van der Waals surface area contributed by atoms with E-state index in [9.17, 15) is 4.79 Å². The van der Waals surface area contributed by atoms with Gasteiger partial charge in [-0.05, 0) is 22.9 Å². The molecule has 4 heteroatoms. The predicted molar refractivity (Wildman–Crippen MR) is 57.1 cm³/mol. The Labute approximate surface area is 86.3 Å². The minimum atomic E-state index is -0.0294. The third kappa shape index (κ3) is 1.88. The average molecular weight is 247 g/mol. The summed E-state index contributed by atoms with van der Waals surface area (Å²) in [4.78, 5) is 11.6. The van der Waals surface area contributed by atoms with Gasteiger partial charge >= 0.3 is 0 Å². The quantitative estimate of drug-likeness (QED) is 0.812. The highest BCUT2D eigenvalue weighted by Gasteiger charge is 2.22. The van der Waals surface area contributed by atoms with Crippen molar-refractivity contribution in [1.29, 1.82) is 0 Å². The van der Waals surface area contributed by atoms with Crippen LogP contribution in [0.2, 0.25) is 0 Å². The molecule has 0 bridgehead atoms. The van der Waals surface area contributed by atoms with E-state index in [1.165, 1.54) is 0 Å². The van der Waals surface area contributed by atoms with Crippen molar-refractivity contribution in [3.8, 4) is 0 Å². The average Bonchev–Trinajstić information content (AvgIpc) is 2.28. The van der Waals surface area contributed by atoms with Gasteiger partial charge in [-0.25, -0.2) is 0 Å². The van der Waals surface area contributed by atoms with E-state index in [1.54, 1.807) is 4.68 Å². The van der Waals surface area contributed by atoms with Crippen molar-refractivity contribution in [2.75, 3.05) is 0 Å². The van der Waals surface area contributed by atoms with Crippen LogP contribution in [0.25, 0.3) is 0 Å². The van der Waals surface area contributed by atoms with Gasteiger partial charge in [0.15, 0.2) is 0 Å². The summed E-state index contributed by atoms with van der Waals surface area (Å²) >= 11 is 3.31. The molecule has 1 rings (SSSR count). The van der Waals surface area contributed by atoms with Crippen LogP contribution < -0.4 is 5.56 Å². The molecule has 0 aliphatic carbocycles. The van der Waals surface area contributed by atoms with Crippen molar-refractivity contribution in [2.24, 2.45) is 0 Å². The SMILES string of the molecule is CCn1[nH]c(C(C)(C)C)c(Br)c1=O. The van der Waals surface area contributed by atoms with E-state index in [1.807, 2.05) is 6.92 Å². The van der Waals surface area contributed by atoms with Gasteiger partial charge in [0, 0.05) is 12.0 Å². The Hall–Kier alpha value is -0.510. The normalized spacial score (nSPS) is 12.1. The van der Waals surface area contributed by atoms with Crippen LogP contribution in [0.5, 0.6) is 0 Å². The minimum absolute atomic E-state index is 0.0208. The monoisotopic (exact) mass is 246 g/mol. The van der Waals surface area contributed by atoms with Gasteiger partial charge in [-0.15, -0.1) is 0 Å². The topological polar surface area (TPSA) is 37.8 Å². The second-order valence-corrected chi connectivity index (χ2v) is 4.89. The largest absolute Gasteiger partial charge is 0.298 e. The highest BCUT2D eigenvalue weighted by Crippen LogP contribution is 2.25. The summed E-state index contributed by atoms with van der Waals surface area (Å²) in [6.07, 6.45) is 0. The van der Waals surface area contributed by atoms with Gasteiger partial charge in [-0.3, -0.25) is 14.6 Å². The predicted octanol–water partition coefficient (Wildman–Crippen LogP) is 2.26. The van der Waals surface area contributed by atoms with Crippen molar-refractivity contribution in [3.63, 3.8) is 0 Å². The number of H-pyrrole nitrogens is 1. The Morgan fingerprint density at radius 3 is 2.23 bits per heavy atom. The summed E-state index contributed by atoms with van der Waals surface area (Å²) in [5.74, 6) is 0. The fourth-order valence-corrected chi connectivity index (χ4v) is 2.08. The van der Waals surface area contributed by atoms with E-state index in [0.717, 1.165) is 5.69 Å². The second-order valence-electron chi connectivity index (χ2n) is 4.10. The lowest BCUT2D eigenvalue weighted by Crippen LogP contribution is -2.15. The van der Waals surface area contributed by atoms with E-state index in [4.69, 9.17) is 0 Å². The molecule has 13 heavy (non-hydrogen) atoms. The van der Waals surface area contributed by atoms with E-state index in [2.05, 4.69) is 41.8 Å². The van der Waals surface area contributed by atoms with E-state index in [-0.39, 0.29) is 11.0 Å². The van der Waals surface area contributed by atoms with Crippen molar-refractivity contribution >= 4 is 15.9 Å². The molecule has 0 saturated heterocycles. The Balaban J connectivity index is 3.34. The standard InChI is InChI=1S/C9H15BrN2O/c1-5-12-8(13)6(10)7(11-12)9(2,3)4/h11H,5H2,1-4H3. The van der Waals surface area contributed by atoms with Crippen molar-refractivity contribution < 1.29 is 0 Å². The highest BCUT2D eigenvalue weighted by molar-refractivity contribution is 9.10. The lowest BCUT2D eigenvalue weighted by atomic mass is 9.93. The van der Waals surface area contributed by atoms with Gasteiger partial charge < -0.3 is 0 Å². The zero-order valence-electron chi connectivity index (χ0n) is 8.44. The van der Waals surface area contributed by atoms with Crippen LogP contribution in [-0.2, 0) is 12.0 Å². The van der Waals surface area contributed by atoms with Crippen LogP contribution in [0.1, 0.15) is 33.4 Å². The summed E-state index contributed by atoms with van der Waals surface area (Å²) in [6, 6.07) is 0. The van der Waals surface area contributed by atoms with Crippen molar-refractivity contribution in [1.82, 2.24) is 9.78 Å². The fourth-order valence-electron chi connectivity index (χ4n) is 1.18. The number of hydrogen-bond donors (Lipinski definition) is 1. The zero-order chi connectivity index (χ0) is 10.2. The Morgan fingerprint density at radius 1 is 1.46 bits per heavy atom. The minimum Gasteiger partial charge on any atom is -0.298 e. The number of nitrogens with one attached hydrogen (secondary N) is 1. The molecular weight excluding hydrogens is 232 g/mol. The molecule has 0 spiro atoms. The molecule has 1 aromatic rings. The van der Waals surface area contributed by atoms with Crippen LogP contribution >= 0.6 is 15.9 Å². The first-order valence-corrected chi connectivity index (χ1v) is 5.16. The first kappa shape index (κ1) is 10.6. The molecule has 0 saturated carbocycles. The van der Waals surface area contributed by atoms with E-state index < -0.39 is 0 Å². The van der Waals surface area contributed by atoms with Crippen LogP contribution in [0.15, 0.2) is 9.27 Å². The lowest BCUT2D eigenvalue weighted by Gasteiger charge is -2.16. The molecular formula is C9H15BrN2O. The molecule has 0 aromatic carbocycles. The molecule has 0 unspecified atom stereocenters. The van der Waals surface area contributed by atoms with Gasteiger partial charge in [0.05, 0.1) is 5.69 Å². The van der Waals surface area contributed by atoms with Crippen LogP contribution in [0.4, 0.5) is 0 Å². The third-order valence-electron chi connectivity index (χ3n) is 1.97. The van der Waals surface area contributed by atoms with Gasteiger partial charge in [-0.1, -0.05) is 20.8 Å². The molecule has 3 nitrogen and oxygen atoms in total. The van der Waals surface area contributed by atoms with Crippen LogP contribution in [0, 0.1) is 0 Å². The molecule has 1 heterocycles. The summed E-state index contributed by atoms with van der Waals surface area (Å²) in [7, 11) is 0. The summed E-state index contributed by atoms with van der Waals surface area (Å²) in [5.41, 5.74) is 0.949. The second kappa shape index (κ2) is 3.33. The molecule has 1 N–H and O–H groups in total. The number of nitrogens with zero attached hydrogens (tertiary/aromatic N) is 1. The highest BCUT2D eigenvalue weighted by atomic mass is 79.9. The summed E-state index contributed by atoms with van der Waals surface area (Å²) in [6.45, 7) is 8.83. The molecule has 74 valence electrons. The van der Waals surface area contributed by atoms with Crippen molar-refractivity contribution in [3.05, 3.63) is 20.5 Å². The van der Waals surface area contributed by atoms with Gasteiger partial charge in [0.1, 0.15) is 4.47 Å². The molecule has 0 aliphatic rings. The molecule has 0 atom stereocenters. The number of aromatic nitrogens is 2. The van der Waals surface area contributed by atoms with E-state index in [0.29, 0.717) is 11.0 Å². The number of aryl methyl sites for hydroxylation is 1. The van der Waals surface area contributed by atoms with Gasteiger partial charge in [0.25, 0.3) is 5.56 Å². The maximum Gasteiger partial charge on any atom is 0.281 e. The van der Waals surface area contributed by atoms with E-state index >= 15 is 0 Å². The van der Waals surface area contributed by atoms with Crippen molar-refractivity contribution in [2.45, 2.75) is 39.7 Å². The van der Waals surface area contributed by atoms with Crippen LogP contribution in [-0.4, -0.2) is 9.78 Å². The number of hydrogen-bond acceptors (Lipinski definition) is 1. The molecule has 0 fully saturated rings. The molecule has 0 aliphatic heterocycles. The molecule has 0 radical (unpaired) electrons. The molecule has 0 amide bonds. The van der Waals surface area contributed by atoms with Crippen LogP contribution in [0.3, 0.4) is 0 Å². The molecule has 1 aromatic heterocycles. The number of halogens is 1. The number of rotatable bonds is 1. The fraction of sp³-hybridized carbons (Fsp3) is 0.667. The maximum atomic E-state index is 11.6. The van der Waals surface area contributed by atoms with Gasteiger partial charge in [0.2, 0.25) is 0 Å². The first-order valence-electron chi connectivity index (χ1n) is 4.36. The van der Waals surface area contributed by atoms with Gasteiger partial charge in [-0.2, -0.15) is 0 Å². The first-order chi connectivity index (χ1) is 5.88. The lowest BCUT2D eigenvalue weighted by molar-refractivity contribution is 0.536. The smallest absolute Gasteiger partial charge is 0.281 e.